The molecule has 0 aliphatic heterocycles. The van der Waals surface area contributed by atoms with Crippen LogP contribution in [0.4, 0.5) is 0 Å². The van der Waals surface area contributed by atoms with Gasteiger partial charge in [-0.2, -0.15) is 0 Å². The number of aromatic nitrogens is 2. The average Bonchev–Trinajstić information content (AvgIpc) is 3.14. The Morgan fingerprint density at radius 2 is 1.82 bits per heavy atom. The number of hydrogen-bond acceptors (Lipinski definition) is 5. The summed E-state index contributed by atoms with van der Waals surface area (Å²) < 4.78 is 12.8. The fourth-order valence-electron chi connectivity index (χ4n) is 3.57. The van der Waals surface area contributed by atoms with E-state index in [0.29, 0.717) is 23.0 Å². The number of fused-ring (bicyclic) bond motifs is 1. The van der Waals surface area contributed by atoms with E-state index in [1.54, 1.807) is 32.4 Å². The van der Waals surface area contributed by atoms with Crippen LogP contribution < -0.4 is 20.1 Å². The van der Waals surface area contributed by atoms with Gasteiger partial charge >= 0.3 is 0 Å². The maximum absolute atomic E-state index is 10.6. The van der Waals surface area contributed by atoms with Crippen LogP contribution in [-0.2, 0) is 6.54 Å². The number of methoxy groups -OCH3 is 2. The maximum Gasteiger partial charge on any atom is 0.191 e. The standard InChI is InChI=1S/C24H33N5O3.HI/c1-5-25-24(27-16-23(30)18-13-19(31-3)15-20(14-18)32-4)26-11-8-12-29-17(2)28-21-9-6-7-10-22(21)29;/h6-7,9-10,13-15,23,30H,5,8,11-12,16H2,1-4H3,(H2,25,26,27);1H. The van der Waals surface area contributed by atoms with Crippen LogP contribution >= 0.6 is 24.0 Å². The molecule has 0 spiro atoms. The molecule has 1 aromatic heterocycles. The average molecular weight is 567 g/mol. The van der Waals surface area contributed by atoms with Gasteiger partial charge in [-0.25, -0.2) is 4.98 Å². The second-order valence-electron chi connectivity index (χ2n) is 7.46. The first-order valence-corrected chi connectivity index (χ1v) is 10.9. The van der Waals surface area contributed by atoms with Crippen molar-refractivity contribution in [3.05, 3.63) is 53.9 Å². The lowest BCUT2D eigenvalue weighted by molar-refractivity contribution is 0.186. The molecule has 180 valence electrons. The highest BCUT2D eigenvalue weighted by molar-refractivity contribution is 14.0. The van der Waals surface area contributed by atoms with Crippen LogP contribution in [0, 0.1) is 6.92 Å². The number of ether oxygens (including phenoxy) is 2. The first-order chi connectivity index (χ1) is 15.5. The predicted molar refractivity (Wildman–Crippen MR) is 143 cm³/mol. The number of para-hydroxylation sites is 2. The first kappa shape index (κ1) is 26.7. The fourth-order valence-corrected chi connectivity index (χ4v) is 3.57. The molecule has 0 saturated carbocycles. The van der Waals surface area contributed by atoms with Crippen LogP contribution in [0.15, 0.2) is 47.5 Å². The molecule has 0 radical (unpaired) electrons. The van der Waals surface area contributed by atoms with Gasteiger partial charge in [-0.3, -0.25) is 4.99 Å². The zero-order valence-corrected chi connectivity index (χ0v) is 22.0. The zero-order valence-electron chi connectivity index (χ0n) is 19.7. The smallest absolute Gasteiger partial charge is 0.191 e. The molecule has 1 heterocycles. The molecule has 3 aromatic rings. The maximum atomic E-state index is 10.6. The number of aliphatic hydroxyl groups excluding tert-OH is 1. The van der Waals surface area contributed by atoms with Crippen molar-refractivity contribution in [3.8, 4) is 11.5 Å². The Hall–Kier alpha value is -2.53. The number of aliphatic imine (C=N–C) groups is 1. The van der Waals surface area contributed by atoms with E-state index in [0.717, 1.165) is 42.9 Å². The third-order valence-corrected chi connectivity index (χ3v) is 5.22. The largest absolute Gasteiger partial charge is 0.497 e. The van der Waals surface area contributed by atoms with Crippen molar-refractivity contribution in [3.63, 3.8) is 0 Å². The van der Waals surface area contributed by atoms with Gasteiger partial charge in [0.25, 0.3) is 0 Å². The summed E-state index contributed by atoms with van der Waals surface area (Å²) in [5.41, 5.74) is 2.88. The van der Waals surface area contributed by atoms with E-state index in [1.807, 2.05) is 32.0 Å². The van der Waals surface area contributed by atoms with Crippen molar-refractivity contribution >= 4 is 41.0 Å². The normalized spacial score (nSPS) is 12.2. The number of imidazole rings is 1. The lowest BCUT2D eigenvalue weighted by Crippen LogP contribution is -2.38. The lowest BCUT2D eigenvalue weighted by atomic mass is 10.1. The first-order valence-electron chi connectivity index (χ1n) is 10.9. The summed E-state index contributed by atoms with van der Waals surface area (Å²) in [5.74, 6) is 2.96. The Balaban J connectivity index is 0.00000385. The van der Waals surface area contributed by atoms with E-state index >= 15 is 0 Å². The van der Waals surface area contributed by atoms with Crippen LogP contribution in [-0.4, -0.2) is 54.5 Å². The monoisotopic (exact) mass is 567 g/mol. The second kappa shape index (κ2) is 13.2. The van der Waals surface area contributed by atoms with E-state index in [1.165, 1.54) is 0 Å². The topological polar surface area (TPSA) is 92.9 Å². The minimum atomic E-state index is -0.769. The van der Waals surface area contributed by atoms with E-state index in [-0.39, 0.29) is 30.5 Å². The molecule has 0 aliphatic rings. The third kappa shape index (κ3) is 7.23. The van der Waals surface area contributed by atoms with Crippen LogP contribution in [0.2, 0.25) is 0 Å². The van der Waals surface area contributed by atoms with Crippen LogP contribution in [0.3, 0.4) is 0 Å². The molecule has 1 atom stereocenters. The molecule has 2 aromatic carbocycles. The molecule has 0 saturated heterocycles. The summed E-state index contributed by atoms with van der Waals surface area (Å²) in [6.45, 7) is 6.62. The molecule has 1 unspecified atom stereocenters. The molecule has 0 bridgehead atoms. The second-order valence-corrected chi connectivity index (χ2v) is 7.46. The van der Waals surface area contributed by atoms with Gasteiger partial charge in [-0.1, -0.05) is 12.1 Å². The number of guanidine groups is 1. The summed E-state index contributed by atoms with van der Waals surface area (Å²) in [6, 6.07) is 13.5. The molecule has 0 aliphatic carbocycles. The summed E-state index contributed by atoms with van der Waals surface area (Å²) in [6.07, 6.45) is 0.149. The lowest BCUT2D eigenvalue weighted by Gasteiger charge is -2.15. The number of aliphatic hydroxyl groups is 1. The highest BCUT2D eigenvalue weighted by Gasteiger charge is 2.12. The number of nitrogens with one attached hydrogen (secondary N) is 2. The summed E-state index contributed by atoms with van der Waals surface area (Å²) in [4.78, 5) is 9.17. The quantitative estimate of drug-likeness (QED) is 0.150. The Labute approximate surface area is 212 Å². The van der Waals surface area contributed by atoms with E-state index in [4.69, 9.17) is 9.47 Å². The number of nitrogens with zero attached hydrogens (tertiary/aromatic N) is 3. The molecular formula is C24H34IN5O3. The minimum absolute atomic E-state index is 0. The van der Waals surface area contributed by atoms with Gasteiger partial charge in [0.15, 0.2) is 5.96 Å². The van der Waals surface area contributed by atoms with Gasteiger partial charge < -0.3 is 29.8 Å². The number of halogens is 1. The minimum Gasteiger partial charge on any atom is -0.497 e. The summed E-state index contributed by atoms with van der Waals surface area (Å²) >= 11 is 0. The van der Waals surface area contributed by atoms with Gasteiger partial charge in [0.2, 0.25) is 0 Å². The fraction of sp³-hybridized carbons (Fsp3) is 0.417. The molecule has 0 fully saturated rings. The van der Waals surface area contributed by atoms with E-state index in [9.17, 15) is 5.11 Å². The number of hydrogen-bond donors (Lipinski definition) is 3. The Bertz CT molecular complexity index is 1030. The van der Waals surface area contributed by atoms with Crippen molar-refractivity contribution in [2.75, 3.05) is 33.9 Å². The van der Waals surface area contributed by atoms with E-state index in [2.05, 4.69) is 31.2 Å². The van der Waals surface area contributed by atoms with Crippen molar-refractivity contribution in [1.82, 2.24) is 20.2 Å². The number of benzene rings is 2. The highest BCUT2D eigenvalue weighted by Crippen LogP contribution is 2.26. The Morgan fingerprint density at radius 3 is 2.48 bits per heavy atom. The molecule has 3 rings (SSSR count). The Morgan fingerprint density at radius 1 is 1.12 bits per heavy atom. The summed E-state index contributed by atoms with van der Waals surface area (Å²) in [5, 5.41) is 17.2. The predicted octanol–water partition coefficient (Wildman–Crippen LogP) is 3.66. The third-order valence-electron chi connectivity index (χ3n) is 5.22. The van der Waals surface area contributed by atoms with Gasteiger partial charge in [-0.15, -0.1) is 24.0 Å². The molecule has 0 amide bonds. The summed E-state index contributed by atoms with van der Waals surface area (Å²) in [7, 11) is 3.18. The van der Waals surface area contributed by atoms with Crippen molar-refractivity contribution in [2.24, 2.45) is 4.99 Å². The van der Waals surface area contributed by atoms with Gasteiger partial charge in [0, 0.05) is 25.7 Å². The Kier molecular flexibility index (Phi) is 10.7. The zero-order chi connectivity index (χ0) is 22.9. The van der Waals surface area contributed by atoms with Gasteiger partial charge in [0.1, 0.15) is 17.3 Å². The van der Waals surface area contributed by atoms with Crippen molar-refractivity contribution < 1.29 is 14.6 Å². The molecule has 9 heteroatoms. The highest BCUT2D eigenvalue weighted by atomic mass is 127. The molecular weight excluding hydrogens is 533 g/mol. The van der Waals surface area contributed by atoms with Crippen molar-refractivity contribution in [2.45, 2.75) is 32.9 Å². The van der Waals surface area contributed by atoms with Gasteiger partial charge in [0.05, 0.1) is 37.9 Å². The van der Waals surface area contributed by atoms with Crippen molar-refractivity contribution in [1.29, 1.82) is 0 Å². The van der Waals surface area contributed by atoms with Crippen LogP contribution in [0.5, 0.6) is 11.5 Å². The van der Waals surface area contributed by atoms with E-state index < -0.39 is 6.10 Å². The molecule has 33 heavy (non-hydrogen) atoms. The molecule has 8 nitrogen and oxygen atoms in total. The van der Waals surface area contributed by atoms with Crippen LogP contribution in [0.25, 0.3) is 11.0 Å². The molecule has 3 N–H and O–H groups in total. The van der Waals surface area contributed by atoms with Crippen LogP contribution in [0.1, 0.15) is 30.8 Å². The number of aryl methyl sites for hydroxylation is 2. The number of rotatable bonds is 10. The SMILES string of the molecule is CCNC(=NCC(O)c1cc(OC)cc(OC)c1)NCCCn1c(C)nc2ccccc21.I. The van der Waals surface area contributed by atoms with Gasteiger partial charge in [-0.05, 0) is 50.1 Å².